The van der Waals surface area contributed by atoms with E-state index in [1.807, 2.05) is 18.0 Å². The lowest BCUT2D eigenvalue weighted by Gasteiger charge is -2.18. The molecule has 0 bridgehead atoms. The monoisotopic (exact) mass is 213 g/mol. The fourth-order valence-corrected chi connectivity index (χ4v) is 1.10. The average molecular weight is 213 g/mol. The molecule has 1 N–H and O–H groups in total. The molecule has 0 aliphatic heterocycles. The second-order valence-electron chi connectivity index (χ2n) is 3.50. The topological polar surface area (TPSA) is 67.6 Å². The van der Waals surface area contributed by atoms with Crippen molar-refractivity contribution < 1.29 is 9.90 Å². The first-order valence-corrected chi connectivity index (χ1v) is 5.02. The van der Waals surface area contributed by atoms with Crippen LogP contribution in [-0.4, -0.2) is 61.2 Å². The van der Waals surface area contributed by atoms with E-state index in [1.54, 1.807) is 11.9 Å². The van der Waals surface area contributed by atoms with E-state index < -0.39 is 0 Å². The van der Waals surface area contributed by atoms with Crippen molar-refractivity contribution in [1.82, 2.24) is 9.80 Å². The lowest BCUT2D eigenvalue weighted by molar-refractivity contribution is -0.130. The molecule has 0 aromatic rings. The molecule has 1 amide bonds. The summed E-state index contributed by atoms with van der Waals surface area (Å²) in [6, 6.07) is 2.00. The molecule has 0 saturated carbocycles. The first-order chi connectivity index (χ1) is 7.11. The number of rotatable bonds is 7. The molecule has 0 aliphatic carbocycles. The summed E-state index contributed by atoms with van der Waals surface area (Å²) in [4.78, 5) is 14.9. The van der Waals surface area contributed by atoms with Crippen LogP contribution in [0.5, 0.6) is 0 Å². The van der Waals surface area contributed by atoms with Gasteiger partial charge in [-0.15, -0.1) is 0 Å². The Morgan fingerprint density at radius 3 is 2.53 bits per heavy atom. The molecular formula is C10H19N3O2. The molecule has 15 heavy (non-hydrogen) atoms. The maximum absolute atomic E-state index is 11.5. The van der Waals surface area contributed by atoms with Crippen molar-refractivity contribution in [3.05, 3.63) is 0 Å². The third kappa shape index (κ3) is 6.89. The molecule has 0 aromatic carbocycles. The Bertz CT molecular complexity index is 225. The van der Waals surface area contributed by atoms with E-state index in [1.165, 1.54) is 0 Å². The Kier molecular flexibility index (Phi) is 7.60. The minimum absolute atomic E-state index is 0.0371. The summed E-state index contributed by atoms with van der Waals surface area (Å²) in [6.07, 6.45) is 0.799. The third-order valence-electron chi connectivity index (χ3n) is 2.17. The van der Waals surface area contributed by atoms with Crippen LogP contribution in [0, 0.1) is 11.3 Å². The Morgan fingerprint density at radius 2 is 2.00 bits per heavy atom. The molecule has 0 rings (SSSR count). The molecule has 0 fully saturated rings. The van der Waals surface area contributed by atoms with E-state index in [9.17, 15) is 4.79 Å². The molecule has 86 valence electrons. The predicted octanol–water partition coefficient (Wildman–Crippen LogP) is -0.327. The second-order valence-corrected chi connectivity index (χ2v) is 3.50. The van der Waals surface area contributed by atoms with Crippen LogP contribution in [0.3, 0.4) is 0 Å². The van der Waals surface area contributed by atoms with Crippen LogP contribution in [0.25, 0.3) is 0 Å². The highest BCUT2D eigenvalue weighted by molar-refractivity contribution is 5.76. The number of aliphatic hydroxyl groups is 1. The van der Waals surface area contributed by atoms with Gasteiger partial charge < -0.3 is 14.9 Å². The molecular weight excluding hydrogens is 194 g/mol. The summed E-state index contributed by atoms with van der Waals surface area (Å²) >= 11 is 0. The standard InChI is InChI=1S/C10H19N3O2/c1-12(8-9-14)7-4-10(15)13(2)6-3-5-11/h14H,3-4,6-9H2,1-2H3. The van der Waals surface area contributed by atoms with Crippen LogP contribution in [0.2, 0.25) is 0 Å². The van der Waals surface area contributed by atoms with Crippen molar-refractivity contribution >= 4 is 5.91 Å². The lowest BCUT2D eigenvalue weighted by atomic mass is 10.3. The molecule has 0 saturated heterocycles. The highest BCUT2D eigenvalue weighted by Crippen LogP contribution is 1.94. The number of nitriles is 1. The highest BCUT2D eigenvalue weighted by atomic mass is 16.3. The van der Waals surface area contributed by atoms with Gasteiger partial charge in [0.15, 0.2) is 0 Å². The number of nitrogens with zero attached hydrogens (tertiary/aromatic N) is 3. The van der Waals surface area contributed by atoms with E-state index in [2.05, 4.69) is 0 Å². The Balaban J connectivity index is 3.68. The molecule has 0 atom stereocenters. The predicted molar refractivity (Wildman–Crippen MR) is 57.1 cm³/mol. The Labute approximate surface area is 90.9 Å². The van der Waals surface area contributed by atoms with Gasteiger partial charge in [-0.25, -0.2) is 0 Å². The van der Waals surface area contributed by atoms with E-state index in [4.69, 9.17) is 10.4 Å². The second kappa shape index (κ2) is 8.21. The zero-order valence-electron chi connectivity index (χ0n) is 9.44. The van der Waals surface area contributed by atoms with Gasteiger partial charge in [-0.2, -0.15) is 5.26 Å². The minimum atomic E-state index is 0.0371. The van der Waals surface area contributed by atoms with E-state index in [-0.39, 0.29) is 12.5 Å². The summed E-state index contributed by atoms with van der Waals surface area (Å²) in [5, 5.41) is 17.0. The van der Waals surface area contributed by atoms with E-state index in [0.717, 1.165) is 0 Å². The summed E-state index contributed by atoms with van der Waals surface area (Å²) < 4.78 is 0. The van der Waals surface area contributed by atoms with Gasteiger partial charge >= 0.3 is 0 Å². The fourth-order valence-electron chi connectivity index (χ4n) is 1.10. The zero-order chi connectivity index (χ0) is 11.7. The molecule has 0 heterocycles. The van der Waals surface area contributed by atoms with Gasteiger partial charge in [0.1, 0.15) is 0 Å². The number of likely N-dealkylation sites (N-methyl/N-ethyl adjacent to an activating group) is 1. The number of amides is 1. The van der Waals surface area contributed by atoms with Gasteiger partial charge in [0.25, 0.3) is 0 Å². The van der Waals surface area contributed by atoms with Crippen molar-refractivity contribution in [2.45, 2.75) is 12.8 Å². The van der Waals surface area contributed by atoms with Crippen LogP contribution in [0.4, 0.5) is 0 Å². The molecule has 0 unspecified atom stereocenters. The number of hydrogen-bond donors (Lipinski definition) is 1. The molecule has 0 spiro atoms. The first-order valence-electron chi connectivity index (χ1n) is 5.02. The van der Waals surface area contributed by atoms with Gasteiger partial charge in [0.2, 0.25) is 5.91 Å². The zero-order valence-corrected chi connectivity index (χ0v) is 9.44. The van der Waals surface area contributed by atoms with E-state index in [0.29, 0.717) is 32.5 Å². The van der Waals surface area contributed by atoms with Crippen LogP contribution >= 0.6 is 0 Å². The van der Waals surface area contributed by atoms with Gasteiger partial charge in [0.05, 0.1) is 19.1 Å². The quantitative estimate of drug-likeness (QED) is 0.629. The number of carbonyl (C=O) groups excluding carboxylic acids is 1. The first kappa shape index (κ1) is 13.9. The lowest BCUT2D eigenvalue weighted by Crippen LogP contribution is -2.32. The normalized spacial score (nSPS) is 10.1. The molecule has 0 aromatic heterocycles. The van der Waals surface area contributed by atoms with Crippen molar-refractivity contribution in [3.63, 3.8) is 0 Å². The largest absolute Gasteiger partial charge is 0.395 e. The molecule has 0 aliphatic rings. The van der Waals surface area contributed by atoms with Gasteiger partial charge in [0, 0.05) is 33.1 Å². The number of carbonyl (C=O) groups is 1. The van der Waals surface area contributed by atoms with Crippen molar-refractivity contribution in [1.29, 1.82) is 5.26 Å². The van der Waals surface area contributed by atoms with Crippen molar-refractivity contribution in [2.75, 3.05) is 40.3 Å². The highest BCUT2D eigenvalue weighted by Gasteiger charge is 2.08. The maximum Gasteiger partial charge on any atom is 0.223 e. The van der Waals surface area contributed by atoms with Crippen LogP contribution in [0.1, 0.15) is 12.8 Å². The average Bonchev–Trinajstić information content (AvgIpc) is 2.22. The smallest absolute Gasteiger partial charge is 0.223 e. The number of hydrogen-bond acceptors (Lipinski definition) is 4. The molecule has 5 nitrogen and oxygen atoms in total. The SMILES string of the molecule is CN(CCO)CCC(=O)N(C)CCC#N. The van der Waals surface area contributed by atoms with Crippen LogP contribution < -0.4 is 0 Å². The Hall–Kier alpha value is -1.12. The third-order valence-corrected chi connectivity index (χ3v) is 2.17. The number of aliphatic hydroxyl groups excluding tert-OH is 1. The summed E-state index contributed by atoms with van der Waals surface area (Å²) in [6.45, 7) is 1.81. The minimum Gasteiger partial charge on any atom is -0.395 e. The van der Waals surface area contributed by atoms with Crippen molar-refractivity contribution in [2.24, 2.45) is 0 Å². The van der Waals surface area contributed by atoms with Crippen LogP contribution in [-0.2, 0) is 4.79 Å². The maximum atomic E-state index is 11.5. The fraction of sp³-hybridized carbons (Fsp3) is 0.800. The van der Waals surface area contributed by atoms with Gasteiger partial charge in [-0.1, -0.05) is 0 Å². The summed E-state index contributed by atoms with van der Waals surface area (Å²) in [7, 11) is 3.56. The molecule has 0 radical (unpaired) electrons. The molecule has 5 heteroatoms. The Morgan fingerprint density at radius 1 is 1.33 bits per heavy atom. The van der Waals surface area contributed by atoms with Crippen LogP contribution in [0.15, 0.2) is 0 Å². The van der Waals surface area contributed by atoms with E-state index >= 15 is 0 Å². The summed E-state index contributed by atoms with van der Waals surface area (Å²) in [5.74, 6) is 0.0371. The van der Waals surface area contributed by atoms with Gasteiger partial charge in [-0.05, 0) is 7.05 Å². The van der Waals surface area contributed by atoms with Crippen molar-refractivity contribution in [3.8, 4) is 6.07 Å². The van der Waals surface area contributed by atoms with Gasteiger partial charge in [-0.3, -0.25) is 4.79 Å². The summed E-state index contributed by atoms with van der Waals surface area (Å²) in [5.41, 5.74) is 0.